The molecule has 27 heavy (non-hydrogen) atoms. The highest BCUT2D eigenvalue weighted by Gasteiger charge is 2.12. The number of amides is 1. The maximum Gasteiger partial charge on any atom is 0.274 e. The van der Waals surface area contributed by atoms with Crippen LogP contribution >= 0.6 is 0 Å². The fraction of sp³-hybridized carbons (Fsp3) is 0.100. The molecule has 0 bridgehead atoms. The zero-order valence-electron chi connectivity index (χ0n) is 14.8. The quantitative estimate of drug-likeness (QED) is 0.665. The third-order valence-corrected chi connectivity index (χ3v) is 3.72. The van der Waals surface area contributed by atoms with Crippen molar-refractivity contribution in [2.45, 2.75) is 13.8 Å². The molecule has 3 aromatic rings. The molecule has 1 heterocycles. The number of anilines is 3. The number of aromatic nitrogens is 2. The molecule has 0 aliphatic heterocycles. The van der Waals surface area contributed by atoms with Gasteiger partial charge in [-0.25, -0.2) is 14.4 Å². The van der Waals surface area contributed by atoms with E-state index in [0.29, 0.717) is 28.6 Å². The van der Waals surface area contributed by atoms with Crippen molar-refractivity contribution in [1.29, 1.82) is 0 Å². The molecule has 136 valence electrons. The monoisotopic (exact) mass is 364 g/mol. The van der Waals surface area contributed by atoms with E-state index < -0.39 is 5.91 Å². The third kappa shape index (κ3) is 4.72. The number of nitrogens with one attached hydrogen (secondary N) is 2. The lowest BCUT2D eigenvalue weighted by Gasteiger charge is -2.09. The molecule has 0 unspecified atom stereocenters. The van der Waals surface area contributed by atoms with Crippen molar-refractivity contribution in [3.05, 3.63) is 77.5 Å². The molecule has 0 spiro atoms. The number of hydrogen-bond acceptors (Lipinski definition) is 5. The summed E-state index contributed by atoms with van der Waals surface area (Å²) in [6.45, 7) is 3.14. The van der Waals surface area contributed by atoms with E-state index in [4.69, 9.17) is 0 Å². The normalized spacial score (nSPS) is 10.3. The molecule has 0 saturated carbocycles. The van der Waals surface area contributed by atoms with Crippen LogP contribution in [0.25, 0.3) is 0 Å². The van der Waals surface area contributed by atoms with Gasteiger partial charge in [-0.1, -0.05) is 6.07 Å². The largest absolute Gasteiger partial charge is 0.340 e. The molecule has 1 amide bonds. The Hall–Kier alpha value is -3.61. The highest BCUT2D eigenvalue weighted by Crippen LogP contribution is 2.17. The lowest BCUT2D eigenvalue weighted by Crippen LogP contribution is -2.15. The Labute approximate surface area is 155 Å². The number of nitrogens with zero attached hydrogens (tertiary/aromatic N) is 2. The molecule has 2 aromatic carbocycles. The van der Waals surface area contributed by atoms with Crippen LogP contribution in [0.4, 0.5) is 21.6 Å². The fourth-order valence-electron chi connectivity index (χ4n) is 2.45. The molecule has 3 rings (SSSR count). The molecule has 2 N–H and O–H groups in total. The van der Waals surface area contributed by atoms with Crippen LogP contribution in [0.3, 0.4) is 0 Å². The topological polar surface area (TPSA) is 84.0 Å². The predicted molar refractivity (Wildman–Crippen MR) is 101 cm³/mol. The minimum Gasteiger partial charge on any atom is -0.340 e. The van der Waals surface area contributed by atoms with Gasteiger partial charge in [0, 0.05) is 23.0 Å². The summed E-state index contributed by atoms with van der Waals surface area (Å²) in [6, 6.07) is 14.0. The summed E-state index contributed by atoms with van der Waals surface area (Å²) < 4.78 is 13.3. The van der Waals surface area contributed by atoms with Gasteiger partial charge in [-0.05, 0) is 56.3 Å². The first-order valence-corrected chi connectivity index (χ1v) is 8.21. The first kappa shape index (κ1) is 18.2. The summed E-state index contributed by atoms with van der Waals surface area (Å²) >= 11 is 0. The first-order valence-electron chi connectivity index (χ1n) is 8.21. The Morgan fingerprint density at radius 1 is 0.963 bits per heavy atom. The van der Waals surface area contributed by atoms with Crippen LogP contribution in [0.15, 0.2) is 54.6 Å². The molecular formula is C20H17FN4O2. The van der Waals surface area contributed by atoms with Crippen molar-refractivity contribution in [3.8, 4) is 0 Å². The van der Waals surface area contributed by atoms with Gasteiger partial charge in [0.2, 0.25) is 0 Å². The van der Waals surface area contributed by atoms with Crippen molar-refractivity contribution in [1.82, 2.24) is 9.97 Å². The van der Waals surface area contributed by atoms with Crippen LogP contribution in [0.2, 0.25) is 0 Å². The second-order valence-corrected chi connectivity index (χ2v) is 5.91. The summed E-state index contributed by atoms with van der Waals surface area (Å²) in [6.07, 6.45) is 0. The number of Topliss-reactive ketones (excluding diaryl/α,β-unsaturated/α-hetero) is 1. The Balaban J connectivity index is 1.78. The highest BCUT2D eigenvalue weighted by molar-refractivity contribution is 6.03. The number of carbonyl (C=O) groups is 2. The van der Waals surface area contributed by atoms with Crippen LogP contribution in [0.5, 0.6) is 0 Å². The Morgan fingerprint density at radius 2 is 1.70 bits per heavy atom. The minimum atomic E-state index is -0.418. The lowest BCUT2D eigenvalue weighted by molar-refractivity contribution is 0.101. The molecule has 0 radical (unpaired) electrons. The van der Waals surface area contributed by atoms with Gasteiger partial charge < -0.3 is 10.6 Å². The Kier molecular flexibility index (Phi) is 5.21. The van der Waals surface area contributed by atoms with Crippen molar-refractivity contribution >= 4 is 28.9 Å². The Bertz CT molecular complexity index is 1000. The predicted octanol–water partition coefficient (Wildman–Crippen LogP) is 4.12. The molecule has 6 nitrogen and oxygen atoms in total. The number of ketones is 1. The second kappa shape index (κ2) is 7.74. The van der Waals surface area contributed by atoms with Crippen LogP contribution in [-0.2, 0) is 0 Å². The third-order valence-electron chi connectivity index (χ3n) is 3.72. The molecular weight excluding hydrogens is 347 g/mol. The summed E-state index contributed by atoms with van der Waals surface area (Å²) in [5.74, 6) is -0.0675. The van der Waals surface area contributed by atoms with Gasteiger partial charge in [0.1, 0.15) is 23.2 Å². The van der Waals surface area contributed by atoms with E-state index in [1.165, 1.54) is 25.1 Å². The molecule has 1 aromatic heterocycles. The maximum atomic E-state index is 13.3. The number of halogens is 1. The maximum absolute atomic E-state index is 13.3. The number of hydrogen-bond donors (Lipinski definition) is 2. The zero-order valence-corrected chi connectivity index (χ0v) is 14.8. The zero-order chi connectivity index (χ0) is 19.4. The van der Waals surface area contributed by atoms with Crippen molar-refractivity contribution in [2.75, 3.05) is 10.6 Å². The molecule has 0 aliphatic carbocycles. The van der Waals surface area contributed by atoms with Gasteiger partial charge in [-0.2, -0.15) is 0 Å². The number of rotatable bonds is 5. The van der Waals surface area contributed by atoms with E-state index in [1.54, 1.807) is 43.3 Å². The van der Waals surface area contributed by atoms with Gasteiger partial charge in [0.05, 0.1) is 0 Å². The van der Waals surface area contributed by atoms with E-state index in [1.807, 2.05) is 0 Å². The van der Waals surface area contributed by atoms with Gasteiger partial charge in [0.25, 0.3) is 5.91 Å². The summed E-state index contributed by atoms with van der Waals surface area (Å²) in [5, 5.41) is 5.68. The van der Waals surface area contributed by atoms with E-state index >= 15 is 0 Å². The van der Waals surface area contributed by atoms with Crippen molar-refractivity contribution in [3.63, 3.8) is 0 Å². The average molecular weight is 364 g/mol. The summed E-state index contributed by atoms with van der Waals surface area (Å²) in [5.41, 5.74) is 1.78. The molecule has 0 fully saturated rings. The average Bonchev–Trinajstić information content (AvgIpc) is 2.61. The SMILES string of the molecule is CC(=O)c1ccc(NC(=O)c2cc(Nc3cccc(F)c3)nc(C)n2)cc1. The highest BCUT2D eigenvalue weighted by atomic mass is 19.1. The molecule has 0 atom stereocenters. The van der Waals surface area contributed by atoms with Gasteiger partial charge >= 0.3 is 0 Å². The number of carbonyl (C=O) groups excluding carboxylic acids is 2. The van der Waals surface area contributed by atoms with Crippen molar-refractivity contribution < 1.29 is 14.0 Å². The lowest BCUT2D eigenvalue weighted by atomic mass is 10.1. The van der Waals surface area contributed by atoms with E-state index in [-0.39, 0.29) is 17.3 Å². The molecule has 7 heteroatoms. The standard InChI is InChI=1S/C20H17FN4O2/c1-12(26)14-6-8-16(9-7-14)25-20(27)18-11-19(23-13(2)22-18)24-17-5-3-4-15(21)10-17/h3-11H,1-2H3,(H,25,27)(H,22,23,24). The molecule has 0 saturated heterocycles. The smallest absolute Gasteiger partial charge is 0.274 e. The minimum absolute atomic E-state index is 0.0487. The fourth-order valence-corrected chi connectivity index (χ4v) is 2.45. The van der Waals surface area contributed by atoms with Gasteiger partial charge in [0.15, 0.2) is 5.78 Å². The second-order valence-electron chi connectivity index (χ2n) is 5.91. The first-order chi connectivity index (χ1) is 12.9. The number of aryl methyl sites for hydroxylation is 1. The van der Waals surface area contributed by atoms with Gasteiger partial charge in [-0.3, -0.25) is 9.59 Å². The number of benzene rings is 2. The van der Waals surface area contributed by atoms with E-state index in [0.717, 1.165) is 0 Å². The van der Waals surface area contributed by atoms with Gasteiger partial charge in [-0.15, -0.1) is 0 Å². The summed E-state index contributed by atoms with van der Waals surface area (Å²) in [4.78, 5) is 32.2. The van der Waals surface area contributed by atoms with Crippen LogP contribution in [0, 0.1) is 12.7 Å². The van der Waals surface area contributed by atoms with Crippen molar-refractivity contribution in [2.24, 2.45) is 0 Å². The Morgan fingerprint density at radius 3 is 2.37 bits per heavy atom. The molecule has 0 aliphatic rings. The van der Waals surface area contributed by atoms with E-state index in [2.05, 4.69) is 20.6 Å². The summed E-state index contributed by atoms with van der Waals surface area (Å²) in [7, 11) is 0. The van der Waals surface area contributed by atoms with E-state index in [9.17, 15) is 14.0 Å². The van der Waals surface area contributed by atoms with Crippen LogP contribution in [0.1, 0.15) is 33.6 Å². The van der Waals surface area contributed by atoms with Crippen LogP contribution in [-0.4, -0.2) is 21.7 Å². The van der Waals surface area contributed by atoms with Crippen LogP contribution < -0.4 is 10.6 Å².